The van der Waals surface area contributed by atoms with Gasteiger partial charge < -0.3 is 10.4 Å². The molecule has 1 aliphatic heterocycles. The molecule has 0 saturated heterocycles. The van der Waals surface area contributed by atoms with Crippen LogP contribution in [0.25, 0.3) is 5.69 Å². The first kappa shape index (κ1) is 17.1. The van der Waals surface area contributed by atoms with E-state index in [2.05, 4.69) is 10.3 Å². The molecule has 138 valence electrons. The summed E-state index contributed by atoms with van der Waals surface area (Å²) in [4.78, 5) is 16.6. The molecule has 0 fully saturated rings. The Hall–Kier alpha value is -3.29. The molecular weight excluding hydrogens is 359 g/mol. The predicted molar refractivity (Wildman–Crippen MR) is 91.8 cm³/mol. The van der Waals surface area contributed by atoms with Crippen LogP contribution in [0, 0.1) is 0 Å². The third kappa shape index (κ3) is 3.14. The number of fused-ring (bicyclic) bond motifs is 1. The SMILES string of the molecule is O=C1C[C@@H](c2cccc(O)c2)c2ncn(-c3ccc(C(F)(F)F)cc3)c2N1. The largest absolute Gasteiger partial charge is 0.508 e. The van der Waals surface area contributed by atoms with Gasteiger partial charge in [0, 0.05) is 18.0 Å². The minimum absolute atomic E-state index is 0.0854. The molecule has 3 aromatic rings. The van der Waals surface area contributed by atoms with Crippen LogP contribution < -0.4 is 5.32 Å². The van der Waals surface area contributed by atoms with E-state index < -0.39 is 11.7 Å². The number of halogens is 3. The Morgan fingerprint density at radius 1 is 1.15 bits per heavy atom. The molecule has 1 atom stereocenters. The highest BCUT2D eigenvalue weighted by Gasteiger charge is 2.32. The van der Waals surface area contributed by atoms with Crippen molar-refractivity contribution in [1.82, 2.24) is 9.55 Å². The Labute approximate surface area is 152 Å². The third-order valence-electron chi connectivity index (χ3n) is 4.52. The number of rotatable bonds is 2. The van der Waals surface area contributed by atoms with Gasteiger partial charge in [0.05, 0.1) is 11.3 Å². The van der Waals surface area contributed by atoms with Crippen LogP contribution in [0.15, 0.2) is 54.9 Å². The zero-order valence-electron chi connectivity index (χ0n) is 13.9. The summed E-state index contributed by atoms with van der Waals surface area (Å²) in [7, 11) is 0. The predicted octanol–water partition coefficient (Wildman–Crippen LogP) is 4.07. The summed E-state index contributed by atoms with van der Waals surface area (Å²) in [6.07, 6.45) is -2.78. The van der Waals surface area contributed by atoms with Crippen molar-refractivity contribution in [3.05, 3.63) is 71.7 Å². The average molecular weight is 373 g/mol. The topological polar surface area (TPSA) is 67.1 Å². The van der Waals surface area contributed by atoms with Crippen molar-refractivity contribution in [2.24, 2.45) is 0 Å². The van der Waals surface area contributed by atoms with Crippen LogP contribution in [-0.4, -0.2) is 20.6 Å². The Morgan fingerprint density at radius 2 is 1.89 bits per heavy atom. The van der Waals surface area contributed by atoms with Crippen LogP contribution in [0.3, 0.4) is 0 Å². The first-order valence-electron chi connectivity index (χ1n) is 8.16. The molecule has 0 bridgehead atoms. The molecule has 1 aromatic heterocycles. The Kier molecular flexibility index (Phi) is 3.91. The van der Waals surface area contributed by atoms with Gasteiger partial charge in [0.1, 0.15) is 17.9 Å². The number of benzene rings is 2. The van der Waals surface area contributed by atoms with E-state index in [1.54, 1.807) is 22.8 Å². The van der Waals surface area contributed by atoms with Crippen LogP contribution in [0.2, 0.25) is 0 Å². The summed E-state index contributed by atoms with van der Waals surface area (Å²) in [6, 6.07) is 11.2. The summed E-state index contributed by atoms with van der Waals surface area (Å²) in [5.41, 5.74) is 1.04. The van der Waals surface area contributed by atoms with Gasteiger partial charge in [-0.2, -0.15) is 13.2 Å². The molecule has 27 heavy (non-hydrogen) atoms. The number of anilines is 1. The van der Waals surface area contributed by atoms with Crippen LogP contribution in [0.5, 0.6) is 5.75 Å². The van der Waals surface area contributed by atoms with Gasteiger partial charge in [-0.15, -0.1) is 0 Å². The van der Waals surface area contributed by atoms with E-state index in [1.807, 2.05) is 0 Å². The fourth-order valence-corrected chi connectivity index (χ4v) is 3.23. The number of hydrogen-bond acceptors (Lipinski definition) is 3. The lowest BCUT2D eigenvalue weighted by atomic mass is 9.90. The molecule has 0 spiro atoms. The van der Waals surface area contributed by atoms with E-state index in [4.69, 9.17) is 0 Å². The number of phenols is 1. The van der Waals surface area contributed by atoms with Gasteiger partial charge in [0.15, 0.2) is 0 Å². The lowest BCUT2D eigenvalue weighted by Crippen LogP contribution is -2.24. The fourth-order valence-electron chi connectivity index (χ4n) is 3.23. The van der Waals surface area contributed by atoms with Crippen molar-refractivity contribution in [3.63, 3.8) is 0 Å². The number of nitrogens with zero attached hydrogens (tertiary/aromatic N) is 2. The number of hydrogen-bond donors (Lipinski definition) is 2. The zero-order chi connectivity index (χ0) is 19.2. The second-order valence-electron chi connectivity index (χ2n) is 6.29. The van der Waals surface area contributed by atoms with Crippen molar-refractivity contribution in [1.29, 1.82) is 0 Å². The van der Waals surface area contributed by atoms with E-state index in [1.165, 1.54) is 24.5 Å². The van der Waals surface area contributed by atoms with Crippen molar-refractivity contribution in [3.8, 4) is 11.4 Å². The number of alkyl halides is 3. The molecule has 4 rings (SSSR count). The average Bonchev–Trinajstić information content (AvgIpc) is 3.04. The Balaban J connectivity index is 1.75. The second-order valence-corrected chi connectivity index (χ2v) is 6.29. The van der Waals surface area contributed by atoms with Crippen molar-refractivity contribution in [2.45, 2.75) is 18.5 Å². The number of nitrogens with one attached hydrogen (secondary N) is 1. The highest BCUT2D eigenvalue weighted by Crippen LogP contribution is 2.38. The molecule has 8 heteroatoms. The normalized spacial score (nSPS) is 16.7. The third-order valence-corrected chi connectivity index (χ3v) is 4.52. The summed E-state index contributed by atoms with van der Waals surface area (Å²) >= 11 is 0. The lowest BCUT2D eigenvalue weighted by Gasteiger charge is -2.23. The van der Waals surface area contributed by atoms with Crippen LogP contribution in [0.1, 0.15) is 29.2 Å². The number of carbonyl (C=O) groups excluding carboxylic acids is 1. The van der Waals surface area contributed by atoms with Crippen molar-refractivity contribution < 1.29 is 23.1 Å². The van der Waals surface area contributed by atoms with Crippen LogP contribution in [-0.2, 0) is 11.0 Å². The smallest absolute Gasteiger partial charge is 0.416 e. The van der Waals surface area contributed by atoms with Gasteiger partial charge in [0.25, 0.3) is 0 Å². The van der Waals surface area contributed by atoms with Gasteiger partial charge in [-0.25, -0.2) is 4.98 Å². The van der Waals surface area contributed by atoms with E-state index in [0.717, 1.165) is 17.7 Å². The van der Waals surface area contributed by atoms with Gasteiger partial charge in [-0.05, 0) is 42.0 Å². The number of carbonyl (C=O) groups is 1. The summed E-state index contributed by atoms with van der Waals surface area (Å²) in [5, 5.41) is 12.5. The minimum atomic E-state index is -4.42. The van der Waals surface area contributed by atoms with Gasteiger partial charge in [-0.3, -0.25) is 9.36 Å². The number of amides is 1. The molecule has 0 saturated carbocycles. The van der Waals surface area contributed by atoms with Crippen molar-refractivity contribution in [2.75, 3.05) is 5.32 Å². The maximum absolute atomic E-state index is 12.8. The molecular formula is C19H14F3N3O2. The van der Waals surface area contributed by atoms with Gasteiger partial charge in [-0.1, -0.05) is 12.1 Å². The molecule has 1 amide bonds. The molecule has 2 N–H and O–H groups in total. The summed E-state index contributed by atoms with van der Waals surface area (Å²) in [6.45, 7) is 0. The molecule has 0 unspecified atom stereocenters. The van der Waals surface area contributed by atoms with E-state index >= 15 is 0 Å². The highest BCUT2D eigenvalue weighted by molar-refractivity contribution is 5.94. The molecule has 1 aliphatic rings. The summed E-state index contributed by atoms with van der Waals surface area (Å²) in [5.74, 6) is -0.0809. The highest BCUT2D eigenvalue weighted by atomic mass is 19.4. The fraction of sp³-hybridized carbons (Fsp3) is 0.158. The quantitative estimate of drug-likeness (QED) is 0.712. The lowest BCUT2D eigenvalue weighted by molar-refractivity contribution is -0.137. The first-order valence-corrected chi connectivity index (χ1v) is 8.16. The maximum atomic E-state index is 12.8. The molecule has 0 aliphatic carbocycles. The molecule has 2 heterocycles. The molecule has 0 radical (unpaired) electrons. The van der Waals surface area contributed by atoms with Gasteiger partial charge >= 0.3 is 6.18 Å². The van der Waals surface area contributed by atoms with Crippen LogP contribution in [0.4, 0.5) is 19.0 Å². The zero-order valence-corrected chi connectivity index (χ0v) is 13.9. The monoisotopic (exact) mass is 373 g/mol. The summed E-state index contributed by atoms with van der Waals surface area (Å²) < 4.78 is 39.8. The van der Waals surface area contributed by atoms with E-state index in [0.29, 0.717) is 17.2 Å². The molecule has 2 aromatic carbocycles. The second kappa shape index (κ2) is 6.15. The number of imidazole rings is 1. The Morgan fingerprint density at radius 3 is 2.56 bits per heavy atom. The van der Waals surface area contributed by atoms with E-state index in [-0.39, 0.29) is 24.0 Å². The van der Waals surface area contributed by atoms with Gasteiger partial charge in [0.2, 0.25) is 5.91 Å². The number of phenolic OH excluding ortho intramolecular Hbond substituents is 1. The molecule has 5 nitrogen and oxygen atoms in total. The van der Waals surface area contributed by atoms with Crippen LogP contribution >= 0.6 is 0 Å². The number of aromatic nitrogens is 2. The number of aromatic hydroxyl groups is 1. The standard InChI is InChI=1S/C19H14F3N3O2/c20-19(21,22)12-4-6-13(7-5-12)25-10-23-17-15(9-16(27)24-18(17)25)11-2-1-3-14(26)8-11/h1-8,10,15,26H,9H2,(H,24,27)/t15-/m0/s1. The minimum Gasteiger partial charge on any atom is -0.508 e. The Bertz CT molecular complexity index is 1010. The first-order chi connectivity index (χ1) is 12.8. The maximum Gasteiger partial charge on any atom is 0.416 e. The van der Waals surface area contributed by atoms with E-state index in [9.17, 15) is 23.1 Å². The van der Waals surface area contributed by atoms with Crippen molar-refractivity contribution >= 4 is 11.7 Å².